The molecular formula is C21H25N3O3. The van der Waals surface area contributed by atoms with E-state index in [1.54, 1.807) is 6.07 Å². The third kappa shape index (κ3) is 5.60. The highest BCUT2D eigenvalue weighted by Crippen LogP contribution is 2.17. The third-order valence-corrected chi connectivity index (χ3v) is 4.75. The molecule has 2 heterocycles. The smallest absolute Gasteiger partial charge is 0.257 e. The Morgan fingerprint density at radius 2 is 2.19 bits per heavy atom. The Morgan fingerprint density at radius 1 is 1.33 bits per heavy atom. The number of carbonyl (C=O) groups excluding carboxylic acids is 1. The number of ether oxygens (including phenoxy) is 1. The van der Waals surface area contributed by atoms with Crippen LogP contribution in [-0.2, 0) is 6.54 Å². The molecule has 3 rings (SSSR count). The van der Waals surface area contributed by atoms with E-state index in [9.17, 15) is 4.79 Å². The number of rotatable bonds is 8. The summed E-state index contributed by atoms with van der Waals surface area (Å²) in [5.74, 6) is 0.885. The summed E-state index contributed by atoms with van der Waals surface area (Å²) in [5.41, 5.74) is 1.79. The number of hydrogen-bond acceptors (Lipinski definition) is 5. The molecule has 1 aliphatic heterocycles. The number of piperidine rings is 1. The highest BCUT2D eigenvalue weighted by atomic mass is 16.5. The maximum Gasteiger partial charge on any atom is 0.257 e. The van der Waals surface area contributed by atoms with Crippen molar-refractivity contribution in [1.29, 1.82) is 5.26 Å². The van der Waals surface area contributed by atoms with Gasteiger partial charge in [0, 0.05) is 32.1 Å². The molecule has 1 N–H and O–H groups in total. The molecule has 27 heavy (non-hydrogen) atoms. The van der Waals surface area contributed by atoms with Gasteiger partial charge in [-0.15, -0.1) is 0 Å². The van der Waals surface area contributed by atoms with Crippen LogP contribution < -0.4 is 10.1 Å². The van der Waals surface area contributed by atoms with Gasteiger partial charge in [0.25, 0.3) is 5.91 Å². The molecule has 1 aromatic carbocycles. The Kier molecular flexibility index (Phi) is 6.89. The molecule has 1 saturated heterocycles. The van der Waals surface area contributed by atoms with Gasteiger partial charge in [0.15, 0.2) is 0 Å². The zero-order valence-electron chi connectivity index (χ0n) is 15.4. The van der Waals surface area contributed by atoms with E-state index in [1.165, 1.54) is 18.1 Å². The summed E-state index contributed by atoms with van der Waals surface area (Å²) in [6.07, 6.45) is 6.17. The summed E-state index contributed by atoms with van der Waals surface area (Å²) in [6.45, 7) is 2.84. The molecule has 142 valence electrons. The first-order chi connectivity index (χ1) is 13.3. The summed E-state index contributed by atoms with van der Waals surface area (Å²) < 4.78 is 10.7. The first kappa shape index (κ1) is 19.0. The lowest BCUT2D eigenvalue weighted by Crippen LogP contribution is -2.44. The summed E-state index contributed by atoms with van der Waals surface area (Å²) >= 11 is 0. The molecule has 0 unspecified atom stereocenters. The fourth-order valence-corrected chi connectivity index (χ4v) is 3.20. The van der Waals surface area contributed by atoms with E-state index in [0.29, 0.717) is 24.6 Å². The van der Waals surface area contributed by atoms with Gasteiger partial charge in [-0.25, -0.2) is 0 Å². The number of amides is 1. The van der Waals surface area contributed by atoms with Crippen molar-refractivity contribution in [1.82, 2.24) is 10.2 Å². The lowest BCUT2D eigenvalue weighted by Gasteiger charge is -2.32. The van der Waals surface area contributed by atoms with Crippen LogP contribution in [0.2, 0.25) is 0 Å². The summed E-state index contributed by atoms with van der Waals surface area (Å²) in [7, 11) is 0. The second kappa shape index (κ2) is 9.79. The van der Waals surface area contributed by atoms with Gasteiger partial charge < -0.3 is 19.4 Å². The van der Waals surface area contributed by atoms with Crippen LogP contribution in [-0.4, -0.2) is 36.5 Å². The normalized spacial score (nSPS) is 14.7. The molecule has 0 radical (unpaired) electrons. The minimum Gasteiger partial charge on any atom is -0.494 e. The summed E-state index contributed by atoms with van der Waals surface area (Å²) in [4.78, 5) is 14.2. The zero-order chi connectivity index (χ0) is 18.9. The van der Waals surface area contributed by atoms with Gasteiger partial charge in [0.2, 0.25) is 0 Å². The average molecular weight is 367 g/mol. The summed E-state index contributed by atoms with van der Waals surface area (Å²) in [5, 5.41) is 12.1. The van der Waals surface area contributed by atoms with Crippen LogP contribution in [0.4, 0.5) is 0 Å². The number of furan rings is 1. The zero-order valence-corrected chi connectivity index (χ0v) is 15.4. The quantitative estimate of drug-likeness (QED) is 0.724. The number of likely N-dealkylation sites (tertiary alicyclic amines) is 1. The van der Waals surface area contributed by atoms with Gasteiger partial charge >= 0.3 is 0 Å². The van der Waals surface area contributed by atoms with Gasteiger partial charge in [-0.05, 0) is 43.0 Å². The lowest BCUT2D eigenvalue weighted by molar-refractivity contribution is 0.0704. The van der Waals surface area contributed by atoms with E-state index in [-0.39, 0.29) is 5.91 Å². The van der Waals surface area contributed by atoms with Crippen molar-refractivity contribution >= 4 is 5.91 Å². The van der Waals surface area contributed by atoms with Crippen molar-refractivity contribution < 1.29 is 13.9 Å². The molecule has 2 aromatic rings. The monoisotopic (exact) mass is 367 g/mol. The number of nitrogens with zero attached hydrogens (tertiary/aromatic N) is 2. The van der Waals surface area contributed by atoms with Crippen molar-refractivity contribution in [3.63, 3.8) is 0 Å². The van der Waals surface area contributed by atoms with Crippen LogP contribution in [0.25, 0.3) is 0 Å². The maximum absolute atomic E-state index is 12.3. The SMILES string of the molecule is N#CCCCOc1cccc(CNC2CCN(C(=O)c3ccoc3)CC2)c1. The molecule has 6 heteroatoms. The molecule has 1 fully saturated rings. The van der Waals surface area contributed by atoms with Crippen molar-refractivity contribution in [3.8, 4) is 11.8 Å². The minimum atomic E-state index is 0.0449. The van der Waals surface area contributed by atoms with Crippen molar-refractivity contribution in [3.05, 3.63) is 54.0 Å². The summed E-state index contributed by atoms with van der Waals surface area (Å²) in [6, 6.07) is 12.3. The van der Waals surface area contributed by atoms with Gasteiger partial charge in [0.1, 0.15) is 12.0 Å². The van der Waals surface area contributed by atoms with E-state index in [2.05, 4.69) is 17.5 Å². The van der Waals surface area contributed by atoms with Gasteiger partial charge in [0.05, 0.1) is 24.5 Å². The Balaban J connectivity index is 1.41. The molecular weight excluding hydrogens is 342 g/mol. The number of benzene rings is 1. The van der Waals surface area contributed by atoms with Crippen LogP contribution in [0.5, 0.6) is 5.75 Å². The standard InChI is InChI=1S/C21H25N3O3/c22-9-1-2-12-27-20-5-3-4-17(14-20)15-23-19-6-10-24(11-7-19)21(25)18-8-13-26-16-18/h3-5,8,13-14,16,19,23H,1-2,6-7,10-12,15H2. The molecule has 0 atom stereocenters. The number of hydrogen-bond donors (Lipinski definition) is 1. The van der Waals surface area contributed by atoms with E-state index in [1.807, 2.05) is 23.1 Å². The fraction of sp³-hybridized carbons (Fsp3) is 0.429. The number of carbonyl (C=O) groups is 1. The van der Waals surface area contributed by atoms with Gasteiger partial charge in [-0.2, -0.15) is 5.26 Å². The largest absolute Gasteiger partial charge is 0.494 e. The predicted molar refractivity (Wildman–Crippen MR) is 101 cm³/mol. The Bertz CT molecular complexity index is 759. The van der Waals surface area contributed by atoms with Crippen LogP contribution in [0.3, 0.4) is 0 Å². The van der Waals surface area contributed by atoms with Gasteiger partial charge in [-0.1, -0.05) is 12.1 Å². The molecule has 0 bridgehead atoms. The third-order valence-electron chi connectivity index (χ3n) is 4.75. The molecule has 1 aliphatic rings. The highest BCUT2D eigenvalue weighted by molar-refractivity contribution is 5.93. The Labute approximate surface area is 159 Å². The van der Waals surface area contributed by atoms with Crippen LogP contribution in [0, 0.1) is 11.3 Å². The van der Waals surface area contributed by atoms with Crippen molar-refractivity contribution in [2.75, 3.05) is 19.7 Å². The second-order valence-electron chi connectivity index (χ2n) is 6.72. The fourth-order valence-electron chi connectivity index (χ4n) is 3.20. The Morgan fingerprint density at radius 3 is 2.93 bits per heavy atom. The minimum absolute atomic E-state index is 0.0449. The Hall–Kier alpha value is -2.78. The molecule has 0 spiro atoms. The van der Waals surface area contributed by atoms with E-state index >= 15 is 0 Å². The number of unbranched alkanes of at least 4 members (excludes halogenated alkanes) is 1. The lowest BCUT2D eigenvalue weighted by atomic mass is 10.0. The molecule has 0 aliphatic carbocycles. The topological polar surface area (TPSA) is 78.5 Å². The van der Waals surface area contributed by atoms with Crippen molar-refractivity contribution in [2.24, 2.45) is 0 Å². The number of nitriles is 1. The molecule has 1 aromatic heterocycles. The maximum atomic E-state index is 12.3. The second-order valence-corrected chi connectivity index (χ2v) is 6.72. The van der Waals surface area contributed by atoms with E-state index in [0.717, 1.165) is 44.6 Å². The average Bonchev–Trinajstić information content (AvgIpc) is 3.25. The first-order valence-electron chi connectivity index (χ1n) is 9.40. The molecule has 6 nitrogen and oxygen atoms in total. The molecule has 1 amide bonds. The van der Waals surface area contributed by atoms with Crippen molar-refractivity contribution in [2.45, 2.75) is 38.3 Å². The predicted octanol–water partition coefficient (Wildman–Crippen LogP) is 3.36. The first-order valence-corrected chi connectivity index (χ1v) is 9.40. The van der Waals surface area contributed by atoms with E-state index < -0.39 is 0 Å². The molecule has 0 saturated carbocycles. The highest BCUT2D eigenvalue weighted by Gasteiger charge is 2.23. The van der Waals surface area contributed by atoms with Crippen LogP contribution in [0.15, 0.2) is 47.3 Å². The number of nitrogens with one attached hydrogen (secondary N) is 1. The van der Waals surface area contributed by atoms with Crippen LogP contribution >= 0.6 is 0 Å². The van der Waals surface area contributed by atoms with Gasteiger partial charge in [-0.3, -0.25) is 4.79 Å². The van der Waals surface area contributed by atoms with Crippen LogP contribution in [0.1, 0.15) is 41.6 Å². The van der Waals surface area contributed by atoms with E-state index in [4.69, 9.17) is 14.4 Å².